The van der Waals surface area contributed by atoms with Crippen LogP contribution in [0.3, 0.4) is 0 Å². The van der Waals surface area contributed by atoms with Gasteiger partial charge in [0.25, 0.3) is 0 Å². The van der Waals surface area contributed by atoms with Crippen molar-refractivity contribution in [2.45, 2.75) is 43.8 Å². The second-order valence-corrected chi connectivity index (χ2v) is 8.05. The molecule has 0 bridgehead atoms. The second kappa shape index (κ2) is 10.1. The Balaban J connectivity index is 2.67. The van der Waals surface area contributed by atoms with Crippen LogP contribution in [0.5, 0.6) is 0 Å². The molecule has 0 aliphatic rings. The Kier molecular flexibility index (Phi) is 8.87. The Hall–Kier alpha value is -1.13. The number of hydrogen-bond acceptors (Lipinski definition) is 6. The van der Waals surface area contributed by atoms with E-state index in [4.69, 9.17) is 10.9 Å². The van der Waals surface area contributed by atoms with Crippen LogP contribution in [0.15, 0.2) is 29.2 Å². The van der Waals surface area contributed by atoms with Gasteiger partial charge >= 0.3 is 0 Å². The third kappa shape index (κ3) is 7.33. The first kappa shape index (κ1) is 21.9. The van der Waals surface area contributed by atoms with Crippen molar-refractivity contribution >= 4 is 28.6 Å². The average molecular weight is 389 g/mol. The number of nitrogens with one attached hydrogen (secondary N) is 2. The molecular weight excluding hydrogens is 360 g/mol. The zero-order valence-corrected chi connectivity index (χ0v) is 16.3. The molecule has 0 saturated carbocycles. The van der Waals surface area contributed by atoms with Crippen molar-refractivity contribution in [1.29, 1.82) is 0 Å². The molecule has 0 saturated heterocycles. The summed E-state index contributed by atoms with van der Waals surface area (Å²) < 4.78 is 22.5. The highest BCUT2D eigenvalue weighted by atomic mass is 32.2. The minimum Gasteiger partial charge on any atom is -0.351 e. The third-order valence-electron chi connectivity index (χ3n) is 4.05. The fourth-order valence-corrected chi connectivity index (χ4v) is 2.87. The number of sulfonamides is 1. The van der Waals surface area contributed by atoms with Crippen LogP contribution in [0.25, 0.3) is 0 Å². The molecule has 1 amide bonds. The molecule has 0 unspecified atom stereocenters. The van der Waals surface area contributed by atoms with Crippen LogP contribution in [0.4, 0.5) is 0 Å². The highest BCUT2D eigenvalue weighted by molar-refractivity contribution is 7.89. The molecule has 0 spiro atoms. The van der Waals surface area contributed by atoms with Crippen LogP contribution in [0.2, 0.25) is 0 Å². The summed E-state index contributed by atoms with van der Waals surface area (Å²) in [7, 11) is -3.71. The van der Waals surface area contributed by atoms with E-state index in [1.54, 1.807) is 12.1 Å². The molecule has 142 valence electrons. The second-order valence-electron chi connectivity index (χ2n) is 6.12. The summed E-state index contributed by atoms with van der Waals surface area (Å²) >= 11 is 4.14. The molecule has 0 heterocycles. The van der Waals surface area contributed by atoms with Gasteiger partial charge in [0, 0.05) is 24.9 Å². The van der Waals surface area contributed by atoms with Crippen molar-refractivity contribution in [3.05, 3.63) is 29.8 Å². The number of carbonyl (C=O) groups is 1. The number of rotatable bonds is 10. The topological polar surface area (TPSA) is 127 Å². The zero-order valence-electron chi connectivity index (χ0n) is 14.6. The third-order valence-corrected chi connectivity index (χ3v) is 5.45. The van der Waals surface area contributed by atoms with E-state index in [-0.39, 0.29) is 28.8 Å². The molecule has 1 rings (SSSR count). The van der Waals surface area contributed by atoms with Gasteiger partial charge in [0.2, 0.25) is 15.9 Å². The van der Waals surface area contributed by atoms with Crippen LogP contribution in [0.1, 0.15) is 25.8 Å². The van der Waals surface area contributed by atoms with Gasteiger partial charge in [-0.3, -0.25) is 4.79 Å². The molecule has 6 N–H and O–H groups in total. The van der Waals surface area contributed by atoms with Gasteiger partial charge in [-0.2, -0.15) is 12.6 Å². The van der Waals surface area contributed by atoms with Crippen molar-refractivity contribution < 1.29 is 13.2 Å². The molecule has 0 aliphatic heterocycles. The maximum atomic E-state index is 12.5. The number of hydrogen-bond donors (Lipinski definition) is 5. The van der Waals surface area contributed by atoms with Crippen LogP contribution in [-0.4, -0.2) is 38.7 Å². The van der Waals surface area contributed by atoms with Crippen LogP contribution in [0, 0.1) is 5.92 Å². The molecule has 0 aromatic heterocycles. The minimum atomic E-state index is -3.71. The highest BCUT2D eigenvalue weighted by Gasteiger charge is 2.23. The van der Waals surface area contributed by atoms with Crippen molar-refractivity contribution in [1.82, 2.24) is 10.6 Å². The smallest absolute Gasteiger partial charge is 0.238 e. The standard InChI is InChI=1S/C16H28N4O3S2/c1-3-11(2)15(19-9-13(17)10-24)16(21)20-8-12-4-6-14(7-5-12)25(18,22)23/h4-7,11,13,15,19,24H,3,8-10,17H2,1-2H3,(H,20,21)(H2,18,22,23)/t11-,13+,15-/m0/s1. The Morgan fingerprint density at radius 2 is 1.88 bits per heavy atom. The molecule has 9 heteroatoms. The lowest BCUT2D eigenvalue weighted by Crippen LogP contribution is -2.51. The molecule has 7 nitrogen and oxygen atoms in total. The summed E-state index contributed by atoms with van der Waals surface area (Å²) in [5.41, 5.74) is 6.64. The molecule has 25 heavy (non-hydrogen) atoms. The van der Waals surface area contributed by atoms with E-state index in [2.05, 4.69) is 23.3 Å². The molecule has 0 aliphatic carbocycles. The van der Waals surface area contributed by atoms with Gasteiger partial charge in [-0.15, -0.1) is 0 Å². The van der Waals surface area contributed by atoms with Crippen molar-refractivity contribution in [3.8, 4) is 0 Å². The number of nitrogens with two attached hydrogens (primary N) is 2. The summed E-state index contributed by atoms with van der Waals surface area (Å²) in [5.74, 6) is 0.575. The Morgan fingerprint density at radius 1 is 1.28 bits per heavy atom. The SMILES string of the molecule is CC[C@H](C)[C@H](NC[C@@H](N)CS)C(=O)NCc1ccc(S(N)(=O)=O)cc1. The van der Waals surface area contributed by atoms with Crippen LogP contribution in [-0.2, 0) is 21.4 Å². The molecule has 1 aromatic carbocycles. The summed E-state index contributed by atoms with van der Waals surface area (Å²) in [6.07, 6.45) is 0.851. The lowest BCUT2D eigenvalue weighted by molar-refractivity contribution is -0.124. The normalized spacial score (nSPS) is 15.4. The summed E-state index contributed by atoms with van der Waals surface area (Å²) in [4.78, 5) is 12.5. The highest BCUT2D eigenvalue weighted by Crippen LogP contribution is 2.10. The maximum absolute atomic E-state index is 12.5. The van der Waals surface area contributed by atoms with Gasteiger partial charge in [0.15, 0.2) is 0 Å². The summed E-state index contributed by atoms with van der Waals surface area (Å²) in [5, 5.41) is 11.1. The van der Waals surface area contributed by atoms with E-state index in [1.165, 1.54) is 12.1 Å². The first-order valence-corrected chi connectivity index (χ1v) is 10.4. The van der Waals surface area contributed by atoms with Crippen molar-refractivity contribution in [2.75, 3.05) is 12.3 Å². The monoisotopic (exact) mass is 388 g/mol. The Labute approximate surface area is 155 Å². The van der Waals surface area contributed by atoms with E-state index in [1.807, 2.05) is 13.8 Å². The molecule has 0 radical (unpaired) electrons. The quantitative estimate of drug-likeness (QED) is 0.366. The Morgan fingerprint density at radius 3 is 2.36 bits per heavy atom. The van der Waals surface area contributed by atoms with Crippen molar-refractivity contribution in [3.63, 3.8) is 0 Å². The van der Waals surface area contributed by atoms with Gasteiger partial charge in [0.05, 0.1) is 10.9 Å². The van der Waals surface area contributed by atoms with Crippen LogP contribution < -0.4 is 21.5 Å². The van der Waals surface area contributed by atoms with Crippen molar-refractivity contribution in [2.24, 2.45) is 16.8 Å². The Bertz CT molecular complexity index is 650. The number of amides is 1. The van der Waals surface area contributed by atoms with E-state index in [0.29, 0.717) is 18.8 Å². The number of carbonyl (C=O) groups excluding carboxylic acids is 1. The molecular formula is C16H28N4O3S2. The number of thiol groups is 1. The van der Waals surface area contributed by atoms with Gasteiger partial charge in [-0.1, -0.05) is 32.4 Å². The van der Waals surface area contributed by atoms with E-state index < -0.39 is 10.0 Å². The van der Waals surface area contributed by atoms with E-state index in [9.17, 15) is 13.2 Å². The fourth-order valence-electron chi connectivity index (χ4n) is 2.23. The van der Waals surface area contributed by atoms with Gasteiger partial charge < -0.3 is 16.4 Å². The summed E-state index contributed by atoms with van der Waals surface area (Å²) in [6.45, 7) is 4.84. The number of primary sulfonamides is 1. The first-order valence-electron chi connectivity index (χ1n) is 8.18. The summed E-state index contributed by atoms with van der Waals surface area (Å²) in [6, 6.07) is 5.64. The largest absolute Gasteiger partial charge is 0.351 e. The van der Waals surface area contributed by atoms with Gasteiger partial charge in [-0.25, -0.2) is 13.6 Å². The number of benzene rings is 1. The zero-order chi connectivity index (χ0) is 19.0. The van der Waals surface area contributed by atoms with Gasteiger partial charge in [0.1, 0.15) is 0 Å². The van der Waals surface area contributed by atoms with Gasteiger partial charge in [-0.05, 0) is 23.6 Å². The molecule has 0 fully saturated rings. The lowest BCUT2D eigenvalue weighted by atomic mass is 9.98. The predicted molar refractivity (Wildman–Crippen MR) is 103 cm³/mol. The molecule has 3 atom stereocenters. The predicted octanol–water partition coefficient (Wildman–Crippen LogP) is 0.212. The van der Waals surface area contributed by atoms with Crippen LogP contribution >= 0.6 is 12.6 Å². The minimum absolute atomic E-state index is 0.0440. The molecule has 1 aromatic rings. The maximum Gasteiger partial charge on any atom is 0.238 e. The van der Waals surface area contributed by atoms with E-state index >= 15 is 0 Å². The average Bonchev–Trinajstić information content (AvgIpc) is 2.59. The van der Waals surface area contributed by atoms with E-state index in [0.717, 1.165) is 12.0 Å². The fraction of sp³-hybridized carbons (Fsp3) is 0.562. The first-order chi connectivity index (χ1) is 11.7. The lowest BCUT2D eigenvalue weighted by Gasteiger charge is -2.25.